The Kier molecular flexibility index (Phi) is 5.38. The van der Waals surface area contributed by atoms with Crippen LogP contribution in [0.15, 0.2) is 53.4 Å². The van der Waals surface area contributed by atoms with Crippen LogP contribution in [0.1, 0.15) is 42.6 Å². The number of nitrogens with zero attached hydrogens (tertiary/aromatic N) is 2. The molecule has 0 atom stereocenters. The number of anilines is 1. The predicted molar refractivity (Wildman–Crippen MR) is 115 cm³/mol. The van der Waals surface area contributed by atoms with Crippen LogP contribution in [0.4, 0.5) is 5.69 Å². The Morgan fingerprint density at radius 2 is 1.87 bits per heavy atom. The van der Waals surface area contributed by atoms with E-state index in [1.165, 1.54) is 12.1 Å². The maximum Gasteiger partial charge on any atom is 0.274 e. The van der Waals surface area contributed by atoms with Crippen LogP contribution in [0.25, 0.3) is 10.9 Å². The van der Waals surface area contributed by atoms with Gasteiger partial charge < -0.3 is 10.4 Å². The third kappa shape index (κ3) is 4.24. The van der Waals surface area contributed by atoms with Crippen molar-refractivity contribution in [2.75, 3.05) is 11.6 Å². The van der Waals surface area contributed by atoms with Gasteiger partial charge in [-0.1, -0.05) is 43.5 Å². The fourth-order valence-electron chi connectivity index (χ4n) is 4.08. The zero-order valence-corrected chi connectivity index (χ0v) is 17.7. The van der Waals surface area contributed by atoms with Crippen molar-refractivity contribution in [1.82, 2.24) is 9.78 Å². The molecule has 8 heteroatoms. The van der Waals surface area contributed by atoms with Crippen LogP contribution < -0.4 is 5.32 Å². The summed E-state index contributed by atoms with van der Waals surface area (Å²) in [5, 5.41) is 19.1. The average Bonchev–Trinajstić information content (AvgIpc) is 3.05. The van der Waals surface area contributed by atoms with E-state index >= 15 is 0 Å². The number of aliphatic hydroxyl groups is 1. The van der Waals surface area contributed by atoms with Gasteiger partial charge in [0, 0.05) is 17.3 Å². The topological polar surface area (TPSA) is 101 Å². The normalized spacial score (nSPS) is 16.5. The molecule has 0 radical (unpaired) electrons. The molecule has 0 saturated heterocycles. The Labute approximate surface area is 175 Å². The first-order valence-electron chi connectivity index (χ1n) is 10.0. The predicted octanol–water partition coefficient (Wildman–Crippen LogP) is 3.39. The molecule has 1 aliphatic carbocycles. The van der Waals surface area contributed by atoms with Crippen LogP contribution in [0, 0.1) is 0 Å². The first kappa shape index (κ1) is 20.6. The highest BCUT2D eigenvalue weighted by Crippen LogP contribution is 2.31. The van der Waals surface area contributed by atoms with E-state index in [-0.39, 0.29) is 11.4 Å². The molecule has 2 N–H and O–H groups in total. The standard InChI is InChI=1S/C22H25N3O4S/c1-30(28,29)17-9-7-8-16(14-17)23-21(26)20-18-10-3-4-11-19(18)24-25(20)15-22(27)12-5-2-6-13-22/h3-4,7-11,14,27H,2,5-6,12-13,15H2,1H3,(H,23,26). The van der Waals surface area contributed by atoms with Crippen molar-refractivity contribution in [2.45, 2.75) is 49.1 Å². The molecule has 30 heavy (non-hydrogen) atoms. The summed E-state index contributed by atoms with van der Waals surface area (Å²) in [5.74, 6) is -0.395. The number of carbonyl (C=O) groups is 1. The van der Waals surface area contributed by atoms with Crippen molar-refractivity contribution in [1.29, 1.82) is 0 Å². The zero-order chi connectivity index (χ0) is 21.4. The van der Waals surface area contributed by atoms with Crippen molar-refractivity contribution in [3.8, 4) is 0 Å². The van der Waals surface area contributed by atoms with Gasteiger partial charge in [0.1, 0.15) is 5.69 Å². The molecular formula is C22H25N3O4S. The summed E-state index contributed by atoms with van der Waals surface area (Å²) in [6.45, 7) is 0.244. The maximum absolute atomic E-state index is 13.2. The van der Waals surface area contributed by atoms with Gasteiger partial charge in [-0.05, 0) is 37.1 Å². The van der Waals surface area contributed by atoms with Crippen molar-refractivity contribution >= 4 is 32.3 Å². The first-order chi connectivity index (χ1) is 14.3. The molecule has 0 spiro atoms. The minimum absolute atomic E-state index is 0.134. The molecule has 2 aromatic carbocycles. The summed E-state index contributed by atoms with van der Waals surface area (Å²) < 4.78 is 25.3. The number of carbonyl (C=O) groups excluding carboxylic acids is 1. The molecule has 1 fully saturated rings. The van der Waals surface area contributed by atoms with Crippen LogP contribution in [0.3, 0.4) is 0 Å². The van der Waals surface area contributed by atoms with Gasteiger partial charge >= 0.3 is 0 Å². The molecule has 0 aliphatic heterocycles. The van der Waals surface area contributed by atoms with Crippen molar-refractivity contribution in [3.63, 3.8) is 0 Å². The molecule has 158 valence electrons. The molecule has 1 amide bonds. The number of nitrogens with one attached hydrogen (secondary N) is 1. The Morgan fingerprint density at radius 3 is 2.60 bits per heavy atom. The Bertz CT molecular complexity index is 1190. The Hall–Kier alpha value is -2.71. The van der Waals surface area contributed by atoms with Gasteiger partial charge in [0.2, 0.25) is 0 Å². The van der Waals surface area contributed by atoms with E-state index in [0.29, 0.717) is 35.1 Å². The number of rotatable bonds is 5. The monoisotopic (exact) mass is 427 g/mol. The number of benzene rings is 2. The quantitative estimate of drug-likeness (QED) is 0.650. The van der Waals surface area contributed by atoms with Gasteiger partial charge in [-0.25, -0.2) is 8.42 Å². The van der Waals surface area contributed by atoms with E-state index in [2.05, 4.69) is 10.4 Å². The fraction of sp³-hybridized carbons (Fsp3) is 0.364. The highest BCUT2D eigenvalue weighted by Gasteiger charge is 2.32. The van der Waals surface area contributed by atoms with Gasteiger partial charge in [0.05, 0.1) is 22.6 Å². The van der Waals surface area contributed by atoms with Crippen LogP contribution in [0.5, 0.6) is 0 Å². The first-order valence-corrected chi connectivity index (χ1v) is 11.9. The van der Waals surface area contributed by atoms with Gasteiger partial charge in [-0.3, -0.25) is 9.48 Å². The third-order valence-corrected chi connectivity index (χ3v) is 6.72. The molecule has 4 rings (SSSR count). The second kappa shape index (κ2) is 7.85. The largest absolute Gasteiger partial charge is 0.388 e. The number of fused-ring (bicyclic) bond motifs is 1. The Morgan fingerprint density at radius 1 is 1.13 bits per heavy atom. The molecule has 3 aromatic rings. The van der Waals surface area contributed by atoms with Gasteiger partial charge in [0.25, 0.3) is 5.91 Å². The summed E-state index contributed by atoms with van der Waals surface area (Å²) in [4.78, 5) is 13.3. The molecule has 1 heterocycles. The molecule has 1 aromatic heterocycles. The number of hydrogen-bond donors (Lipinski definition) is 2. The number of amides is 1. The summed E-state index contributed by atoms with van der Waals surface area (Å²) in [5.41, 5.74) is 0.531. The average molecular weight is 428 g/mol. The second-order valence-electron chi connectivity index (χ2n) is 8.06. The number of aromatic nitrogens is 2. The van der Waals surface area contributed by atoms with Gasteiger partial charge in [-0.15, -0.1) is 0 Å². The molecule has 0 unspecified atom stereocenters. The van der Waals surface area contributed by atoms with E-state index in [1.807, 2.05) is 24.3 Å². The van der Waals surface area contributed by atoms with Crippen LogP contribution in [-0.4, -0.2) is 41.1 Å². The highest BCUT2D eigenvalue weighted by molar-refractivity contribution is 7.90. The van der Waals surface area contributed by atoms with E-state index in [4.69, 9.17) is 0 Å². The van der Waals surface area contributed by atoms with Crippen molar-refractivity contribution in [2.24, 2.45) is 0 Å². The van der Waals surface area contributed by atoms with E-state index < -0.39 is 21.3 Å². The molecule has 0 bridgehead atoms. The van der Waals surface area contributed by atoms with E-state index in [1.54, 1.807) is 16.8 Å². The highest BCUT2D eigenvalue weighted by atomic mass is 32.2. The second-order valence-corrected chi connectivity index (χ2v) is 10.1. The molecule has 7 nitrogen and oxygen atoms in total. The maximum atomic E-state index is 13.2. The lowest BCUT2D eigenvalue weighted by atomic mass is 9.85. The third-order valence-electron chi connectivity index (χ3n) is 5.61. The molecule has 1 saturated carbocycles. The lowest BCUT2D eigenvalue weighted by molar-refractivity contribution is -0.0144. The molecule has 1 aliphatic rings. The zero-order valence-electron chi connectivity index (χ0n) is 16.8. The van der Waals surface area contributed by atoms with Crippen molar-refractivity contribution in [3.05, 3.63) is 54.2 Å². The summed E-state index contributed by atoms with van der Waals surface area (Å²) >= 11 is 0. The minimum atomic E-state index is -3.39. The van der Waals surface area contributed by atoms with E-state index in [0.717, 1.165) is 25.5 Å². The summed E-state index contributed by atoms with van der Waals surface area (Å²) in [6, 6.07) is 13.5. The number of hydrogen-bond acceptors (Lipinski definition) is 5. The fourth-order valence-corrected chi connectivity index (χ4v) is 4.74. The van der Waals surface area contributed by atoms with Gasteiger partial charge in [0.15, 0.2) is 9.84 Å². The number of sulfone groups is 1. The van der Waals surface area contributed by atoms with Crippen molar-refractivity contribution < 1.29 is 18.3 Å². The Balaban J connectivity index is 1.70. The van der Waals surface area contributed by atoms with Crippen LogP contribution in [0.2, 0.25) is 0 Å². The van der Waals surface area contributed by atoms with Crippen LogP contribution in [-0.2, 0) is 16.4 Å². The van der Waals surface area contributed by atoms with Gasteiger partial charge in [-0.2, -0.15) is 5.10 Å². The summed E-state index contributed by atoms with van der Waals surface area (Å²) in [7, 11) is -3.39. The SMILES string of the molecule is CS(=O)(=O)c1cccc(NC(=O)c2c3ccccc3nn2CC2(O)CCCCC2)c1. The lowest BCUT2D eigenvalue weighted by Gasteiger charge is -2.32. The lowest BCUT2D eigenvalue weighted by Crippen LogP contribution is -2.37. The van der Waals surface area contributed by atoms with Crippen LogP contribution >= 0.6 is 0 Å². The minimum Gasteiger partial charge on any atom is -0.388 e. The summed E-state index contributed by atoms with van der Waals surface area (Å²) in [6.07, 6.45) is 5.50. The van der Waals surface area contributed by atoms with E-state index in [9.17, 15) is 18.3 Å². The smallest absolute Gasteiger partial charge is 0.274 e. The molecular weight excluding hydrogens is 402 g/mol.